The zero-order valence-corrected chi connectivity index (χ0v) is 12.4. The molecule has 0 atom stereocenters. The predicted molar refractivity (Wildman–Crippen MR) is 84.0 cm³/mol. The summed E-state index contributed by atoms with van der Waals surface area (Å²) < 4.78 is 0. The SMILES string of the molecule is CCCCNC(=S)N/N=C(/C)c1ccccc1[N+](=O)[O-]. The summed E-state index contributed by atoms with van der Waals surface area (Å²) >= 11 is 5.06. The van der Waals surface area contributed by atoms with Gasteiger partial charge < -0.3 is 5.32 Å². The summed E-state index contributed by atoms with van der Waals surface area (Å²) in [5.74, 6) is 0. The van der Waals surface area contributed by atoms with Gasteiger partial charge in [0.05, 0.1) is 16.2 Å². The van der Waals surface area contributed by atoms with Crippen molar-refractivity contribution in [2.45, 2.75) is 26.7 Å². The van der Waals surface area contributed by atoms with E-state index >= 15 is 0 Å². The number of hydrogen-bond acceptors (Lipinski definition) is 4. The summed E-state index contributed by atoms with van der Waals surface area (Å²) in [6, 6.07) is 6.47. The molecule has 0 fully saturated rings. The maximum atomic E-state index is 10.9. The largest absolute Gasteiger partial charge is 0.361 e. The van der Waals surface area contributed by atoms with Gasteiger partial charge in [-0.3, -0.25) is 15.5 Å². The van der Waals surface area contributed by atoms with E-state index in [1.807, 2.05) is 0 Å². The minimum atomic E-state index is -0.424. The number of para-hydroxylation sites is 1. The highest BCUT2D eigenvalue weighted by atomic mass is 32.1. The smallest absolute Gasteiger partial charge is 0.278 e. The van der Waals surface area contributed by atoms with E-state index in [-0.39, 0.29) is 5.69 Å². The van der Waals surface area contributed by atoms with E-state index in [0.717, 1.165) is 19.4 Å². The van der Waals surface area contributed by atoms with Gasteiger partial charge in [0.1, 0.15) is 0 Å². The van der Waals surface area contributed by atoms with E-state index in [1.165, 1.54) is 6.07 Å². The second kappa shape index (κ2) is 8.21. The summed E-state index contributed by atoms with van der Waals surface area (Å²) in [6.07, 6.45) is 2.10. The molecule has 0 bridgehead atoms. The lowest BCUT2D eigenvalue weighted by atomic mass is 10.1. The number of hydrogen-bond donors (Lipinski definition) is 2. The van der Waals surface area contributed by atoms with Crippen LogP contribution in [0.2, 0.25) is 0 Å². The van der Waals surface area contributed by atoms with Gasteiger partial charge in [0.2, 0.25) is 0 Å². The van der Waals surface area contributed by atoms with Crippen LogP contribution >= 0.6 is 12.2 Å². The molecule has 20 heavy (non-hydrogen) atoms. The second-order valence-corrected chi connectivity index (χ2v) is 4.60. The molecule has 0 aliphatic rings. The van der Waals surface area contributed by atoms with Crippen LogP contribution in [0, 0.1) is 10.1 Å². The average molecular weight is 294 g/mol. The summed E-state index contributed by atoms with van der Waals surface area (Å²) in [4.78, 5) is 10.5. The van der Waals surface area contributed by atoms with Crippen molar-refractivity contribution in [3.63, 3.8) is 0 Å². The molecule has 108 valence electrons. The van der Waals surface area contributed by atoms with E-state index in [1.54, 1.807) is 25.1 Å². The molecule has 0 spiro atoms. The standard InChI is InChI=1S/C13H18N4O2S/c1-3-4-9-14-13(20)16-15-10(2)11-7-5-6-8-12(11)17(18)19/h5-8H,3-4,9H2,1-2H3,(H2,14,16,20)/b15-10-. The molecule has 0 unspecified atom stereocenters. The van der Waals surface area contributed by atoms with Crippen molar-refractivity contribution in [3.05, 3.63) is 39.9 Å². The fourth-order valence-corrected chi connectivity index (χ4v) is 1.70. The average Bonchev–Trinajstić information content (AvgIpc) is 2.45. The summed E-state index contributed by atoms with van der Waals surface area (Å²) in [5, 5.41) is 18.4. The fourth-order valence-electron chi connectivity index (χ4n) is 1.55. The van der Waals surface area contributed by atoms with Crippen molar-refractivity contribution in [1.29, 1.82) is 0 Å². The molecule has 0 saturated carbocycles. The lowest BCUT2D eigenvalue weighted by Gasteiger charge is -2.07. The molecule has 1 rings (SSSR count). The first kappa shape index (κ1) is 16.0. The first-order valence-electron chi connectivity index (χ1n) is 6.38. The third kappa shape index (κ3) is 4.93. The van der Waals surface area contributed by atoms with Gasteiger partial charge in [-0.2, -0.15) is 5.10 Å². The lowest BCUT2D eigenvalue weighted by Crippen LogP contribution is -2.33. The monoisotopic (exact) mass is 294 g/mol. The normalized spacial score (nSPS) is 11.0. The Labute approximate surface area is 123 Å². The van der Waals surface area contributed by atoms with Crippen molar-refractivity contribution in [1.82, 2.24) is 10.7 Å². The van der Waals surface area contributed by atoms with Crippen LogP contribution in [0.5, 0.6) is 0 Å². The van der Waals surface area contributed by atoms with Gasteiger partial charge >= 0.3 is 0 Å². The van der Waals surface area contributed by atoms with Crippen LogP contribution in [-0.2, 0) is 0 Å². The number of nitro benzene ring substituents is 1. The Bertz CT molecular complexity index is 517. The first-order valence-corrected chi connectivity index (χ1v) is 6.79. The number of nitrogens with one attached hydrogen (secondary N) is 2. The van der Waals surface area contributed by atoms with Gasteiger partial charge in [-0.15, -0.1) is 0 Å². The Morgan fingerprint density at radius 1 is 1.45 bits per heavy atom. The highest BCUT2D eigenvalue weighted by Crippen LogP contribution is 2.18. The molecular formula is C13H18N4O2S. The summed E-state index contributed by atoms with van der Waals surface area (Å²) in [7, 11) is 0. The highest BCUT2D eigenvalue weighted by Gasteiger charge is 2.14. The van der Waals surface area contributed by atoms with Crippen LogP contribution in [-0.4, -0.2) is 22.3 Å². The van der Waals surface area contributed by atoms with Crippen LogP contribution in [0.1, 0.15) is 32.3 Å². The minimum absolute atomic E-state index is 0.0282. The number of thiocarbonyl (C=S) groups is 1. The van der Waals surface area contributed by atoms with Gasteiger partial charge in [0.15, 0.2) is 5.11 Å². The van der Waals surface area contributed by atoms with Crippen LogP contribution in [0.4, 0.5) is 5.69 Å². The molecule has 0 heterocycles. The predicted octanol–water partition coefficient (Wildman–Crippen LogP) is 2.58. The Balaban J connectivity index is 2.70. The van der Waals surface area contributed by atoms with Gasteiger partial charge in [0, 0.05) is 12.6 Å². The zero-order chi connectivity index (χ0) is 15.0. The molecule has 0 aromatic heterocycles. The van der Waals surface area contributed by atoms with E-state index in [4.69, 9.17) is 12.2 Å². The number of nitrogens with zero attached hydrogens (tertiary/aromatic N) is 2. The molecule has 0 amide bonds. The minimum Gasteiger partial charge on any atom is -0.361 e. The molecule has 2 N–H and O–H groups in total. The zero-order valence-electron chi connectivity index (χ0n) is 11.5. The van der Waals surface area contributed by atoms with E-state index in [2.05, 4.69) is 22.8 Å². The number of unbranched alkanes of at least 4 members (excludes halogenated alkanes) is 1. The molecule has 0 aliphatic heterocycles. The first-order chi connectivity index (χ1) is 9.56. The maximum Gasteiger partial charge on any atom is 0.278 e. The van der Waals surface area contributed by atoms with Crippen LogP contribution in [0.25, 0.3) is 0 Å². The molecule has 1 aromatic rings. The molecular weight excluding hydrogens is 276 g/mol. The topological polar surface area (TPSA) is 79.6 Å². The molecule has 0 aliphatic carbocycles. The molecule has 6 nitrogen and oxygen atoms in total. The van der Waals surface area contributed by atoms with Gasteiger partial charge in [0.25, 0.3) is 5.69 Å². The third-order valence-corrected chi connectivity index (χ3v) is 2.87. The summed E-state index contributed by atoms with van der Waals surface area (Å²) in [6.45, 7) is 4.57. The Hall–Kier alpha value is -2.02. The van der Waals surface area contributed by atoms with Crippen molar-refractivity contribution in [2.75, 3.05) is 6.54 Å². The Morgan fingerprint density at radius 3 is 2.80 bits per heavy atom. The Kier molecular flexibility index (Phi) is 6.58. The van der Waals surface area contributed by atoms with Crippen molar-refractivity contribution < 1.29 is 4.92 Å². The molecule has 1 aromatic carbocycles. The maximum absolute atomic E-state index is 10.9. The van der Waals surface area contributed by atoms with E-state index in [9.17, 15) is 10.1 Å². The number of nitro groups is 1. The molecule has 0 radical (unpaired) electrons. The Morgan fingerprint density at radius 2 is 2.15 bits per heavy atom. The number of rotatable bonds is 6. The van der Waals surface area contributed by atoms with Gasteiger partial charge in [-0.05, 0) is 31.6 Å². The van der Waals surface area contributed by atoms with Crippen molar-refractivity contribution in [3.8, 4) is 0 Å². The van der Waals surface area contributed by atoms with Gasteiger partial charge in [-0.1, -0.05) is 25.5 Å². The van der Waals surface area contributed by atoms with Crippen molar-refractivity contribution >= 4 is 28.7 Å². The lowest BCUT2D eigenvalue weighted by molar-refractivity contribution is -0.385. The van der Waals surface area contributed by atoms with Crippen molar-refractivity contribution in [2.24, 2.45) is 5.10 Å². The second-order valence-electron chi connectivity index (χ2n) is 4.19. The highest BCUT2D eigenvalue weighted by molar-refractivity contribution is 7.80. The van der Waals surface area contributed by atoms with E-state index in [0.29, 0.717) is 16.4 Å². The van der Waals surface area contributed by atoms with Crippen LogP contribution in [0.15, 0.2) is 29.4 Å². The van der Waals surface area contributed by atoms with Crippen LogP contribution in [0.3, 0.4) is 0 Å². The summed E-state index contributed by atoms with van der Waals surface area (Å²) in [5.41, 5.74) is 3.70. The number of benzene rings is 1. The third-order valence-electron chi connectivity index (χ3n) is 2.63. The van der Waals surface area contributed by atoms with E-state index < -0.39 is 4.92 Å². The number of hydrazone groups is 1. The molecule has 0 saturated heterocycles. The quantitative estimate of drug-likeness (QED) is 0.277. The fraction of sp³-hybridized carbons (Fsp3) is 0.385. The molecule has 7 heteroatoms. The van der Waals surface area contributed by atoms with Gasteiger partial charge in [-0.25, -0.2) is 0 Å². The van der Waals surface area contributed by atoms with Crippen LogP contribution < -0.4 is 10.7 Å².